The van der Waals surface area contributed by atoms with Crippen LogP contribution in [0.2, 0.25) is 0 Å². The van der Waals surface area contributed by atoms with Crippen molar-refractivity contribution in [2.24, 2.45) is 5.92 Å². The lowest BCUT2D eigenvalue weighted by atomic mass is 9.86. The van der Waals surface area contributed by atoms with E-state index >= 15 is 0 Å². The molecule has 0 bridgehead atoms. The van der Waals surface area contributed by atoms with Gasteiger partial charge in [-0.3, -0.25) is 4.90 Å². The van der Waals surface area contributed by atoms with Gasteiger partial charge in [-0.2, -0.15) is 0 Å². The number of nitrogens with one attached hydrogen (secondary N) is 1. The van der Waals surface area contributed by atoms with E-state index < -0.39 is 5.60 Å². The number of aryl methyl sites for hydroxylation is 1. The first kappa shape index (κ1) is 26.3. The molecule has 1 aromatic carbocycles. The van der Waals surface area contributed by atoms with Crippen molar-refractivity contribution in [2.75, 3.05) is 32.8 Å². The van der Waals surface area contributed by atoms with E-state index in [1.807, 2.05) is 38.1 Å². The molecule has 3 aliphatic rings. The van der Waals surface area contributed by atoms with Gasteiger partial charge in [0.1, 0.15) is 11.2 Å². The average molecular weight is 531 g/mol. The van der Waals surface area contributed by atoms with Gasteiger partial charge in [0.25, 0.3) is 0 Å². The van der Waals surface area contributed by atoms with E-state index in [9.17, 15) is 4.79 Å². The minimum Gasteiger partial charge on any atom is -0.444 e. The van der Waals surface area contributed by atoms with E-state index in [1.54, 1.807) is 0 Å². The minimum atomic E-state index is -0.508. The molecule has 1 amide bonds. The third-order valence-corrected chi connectivity index (χ3v) is 8.62. The summed E-state index contributed by atoms with van der Waals surface area (Å²) in [4.78, 5) is 25.9. The van der Waals surface area contributed by atoms with Crippen LogP contribution in [0, 0.1) is 12.8 Å². The molecular weight excluding hydrogens is 488 g/mol. The van der Waals surface area contributed by atoms with E-state index in [4.69, 9.17) is 14.5 Å². The molecule has 1 atom stereocenters. The highest BCUT2D eigenvalue weighted by atomic mass is 16.6. The van der Waals surface area contributed by atoms with Crippen LogP contribution < -0.4 is 0 Å². The summed E-state index contributed by atoms with van der Waals surface area (Å²) in [5.74, 6) is 0.712. The number of benzene rings is 1. The molecule has 7 nitrogen and oxygen atoms in total. The molecule has 0 spiro atoms. The summed E-state index contributed by atoms with van der Waals surface area (Å²) in [6.07, 6.45) is 9.09. The maximum absolute atomic E-state index is 13.3. The lowest BCUT2D eigenvalue weighted by molar-refractivity contribution is 0.0223. The van der Waals surface area contributed by atoms with Crippen LogP contribution in [0.25, 0.3) is 22.2 Å². The maximum Gasteiger partial charge on any atom is 0.410 e. The predicted octanol–water partition coefficient (Wildman–Crippen LogP) is 6.40. The summed E-state index contributed by atoms with van der Waals surface area (Å²) in [5.41, 5.74) is 8.03. The first-order valence-electron chi connectivity index (χ1n) is 14.6. The molecule has 2 aromatic heterocycles. The lowest BCUT2D eigenvalue weighted by Gasteiger charge is -2.36. The van der Waals surface area contributed by atoms with Crippen LogP contribution in [0.3, 0.4) is 0 Å². The zero-order valence-corrected chi connectivity index (χ0v) is 23.9. The molecule has 1 N–H and O–H groups in total. The van der Waals surface area contributed by atoms with Crippen molar-refractivity contribution >= 4 is 17.1 Å². The Labute approximate surface area is 231 Å². The van der Waals surface area contributed by atoms with E-state index in [-0.39, 0.29) is 12.1 Å². The SMILES string of the molecule is Cc1c[nH]c2ncc(-c3cc4c(c([C@@H]5CCCN5C(=O)OC(C)(C)C)c3)CCN(CC3CCOCC3)C4)cc12. The van der Waals surface area contributed by atoms with Gasteiger partial charge in [0, 0.05) is 62.7 Å². The molecule has 0 aliphatic carbocycles. The van der Waals surface area contributed by atoms with E-state index in [2.05, 4.69) is 35.0 Å². The topological polar surface area (TPSA) is 70.7 Å². The number of carbonyl (C=O) groups excluding carboxylic acids is 1. The highest BCUT2D eigenvalue weighted by Gasteiger charge is 2.36. The van der Waals surface area contributed by atoms with Crippen molar-refractivity contribution in [3.8, 4) is 11.1 Å². The summed E-state index contributed by atoms with van der Waals surface area (Å²) >= 11 is 0. The van der Waals surface area contributed by atoms with E-state index in [0.717, 1.165) is 88.1 Å². The fourth-order valence-corrected chi connectivity index (χ4v) is 6.63. The standard InChI is InChI=1S/C32H42N4O3/c1-21-17-33-30-27(21)16-24(18-34-30)23-14-25-20-35(19-22-8-12-38-13-9-22)11-7-26(25)28(15-23)29-6-5-10-36(29)31(37)39-32(2,3)4/h14-18,22,29H,5-13,19-20H2,1-4H3,(H,33,34)/t29-/m0/s1. The first-order chi connectivity index (χ1) is 18.7. The Hall–Kier alpha value is -2.90. The number of nitrogens with zero attached hydrogens (tertiary/aromatic N) is 3. The van der Waals surface area contributed by atoms with Crippen LogP contribution >= 0.6 is 0 Å². The molecular formula is C32H42N4O3. The van der Waals surface area contributed by atoms with Crippen LogP contribution in [-0.4, -0.2) is 64.3 Å². The number of ether oxygens (including phenoxy) is 2. The number of amides is 1. The summed E-state index contributed by atoms with van der Waals surface area (Å²) in [5, 5.41) is 1.16. The Morgan fingerprint density at radius 1 is 1.13 bits per heavy atom. The van der Waals surface area contributed by atoms with Gasteiger partial charge in [-0.15, -0.1) is 0 Å². The molecule has 2 fully saturated rings. The Bertz CT molecular complexity index is 1350. The maximum atomic E-state index is 13.3. The van der Waals surface area contributed by atoms with Gasteiger partial charge < -0.3 is 19.4 Å². The molecule has 3 aliphatic heterocycles. The molecule has 39 heavy (non-hydrogen) atoms. The average Bonchev–Trinajstić information content (AvgIpc) is 3.54. The van der Waals surface area contributed by atoms with Crippen LogP contribution in [0.1, 0.15) is 74.8 Å². The number of aromatic nitrogens is 2. The fraction of sp³-hybridized carbons (Fsp3) is 0.562. The van der Waals surface area contributed by atoms with E-state index in [0.29, 0.717) is 5.92 Å². The van der Waals surface area contributed by atoms with Crippen LogP contribution in [0.15, 0.2) is 30.6 Å². The minimum absolute atomic E-state index is 0.0429. The Morgan fingerprint density at radius 3 is 2.74 bits per heavy atom. The number of carbonyl (C=O) groups is 1. The Kier molecular flexibility index (Phi) is 7.15. The van der Waals surface area contributed by atoms with Gasteiger partial charge in [0.15, 0.2) is 0 Å². The van der Waals surface area contributed by atoms with Crippen molar-refractivity contribution < 1.29 is 14.3 Å². The second kappa shape index (κ2) is 10.6. The highest BCUT2D eigenvalue weighted by Crippen LogP contribution is 2.40. The predicted molar refractivity (Wildman–Crippen MR) is 154 cm³/mol. The monoisotopic (exact) mass is 530 g/mol. The third kappa shape index (κ3) is 5.57. The molecule has 2 saturated heterocycles. The van der Waals surface area contributed by atoms with Gasteiger partial charge in [0.2, 0.25) is 0 Å². The lowest BCUT2D eigenvalue weighted by Crippen LogP contribution is -2.38. The molecule has 5 heterocycles. The number of hydrogen-bond donors (Lipinski definition) is 1. The first-order valence-corrected chi connectivity index (χ1v) is 14.6. The Morgan fingerprint density at radius 2 is 1.95 bits per heavy atom. The van der Waals surface area contributed by atoms with Gasteiger partial charge in [-0.1, -0.05) is 0 Å². The van der Waals surface area contributed by atoms with Crippen LogP contribution in [-0.2, 0) is 22.4 Å². The second-order valence-electron chi connectivity index (χ2n) is 12.7. The van der Waals surface area contributed by atoms with Crippen molar-refractivity contribution in [3.05, 3.63) is 52.8 Å². The summed E-state index contributed by atoms with van der Waals surface area (Å²) < 4.78 is 11.4. The van der Waals surface area contributed by atoms with Crippen molar-refractivity contribution in [2.45, 2.75) is 78.0 Å². The van der Waals surface area contributed by atoms with Gasteiger partial charge in [0.05, 0.1) is 6.04 Å². The smallest absolute Gasteiger partial charge is 0.410 e. The number of aromatic amines is 1. The highest BCUT2D eigenvalue weighted by molar-refractivity contribution is 5.84. The largest absolute Gasteiger partial charge is 0.444 e. The summed E-state index contributed by atoms with van der Waals surface area (Å²) in [7, 11) is 0. The molecule has 6 rings (SSSR count). The van der Waals surface area contributed by atoms with Crippen molar-refractivity contribution in [1.82, 2.24) is 19.8 Å². The van der Waals surface area contributed by atoms with Gasteiger partial charge in [-0.25, -0.2) is 9.78 Å². The number of pyridine rings is 1. The summed E-state index contributed by atoms with van der Waals surface area (Å²) in [6.45, 7) is 13.6. The normalized spacial score (nSPS) is 20.9. The number of rotatable bonds is 4. The number of hydrogen-bond acceptors (Lipinski definition) is 5. The fourth-order valence-electron chi connectivity index (χ4n) is 6.63. The zero-order chi connectivity index (χ0) is 27.1. The molecule has 3 aromatic rings. The quantitative estimate of drug-likeness (QED) is 0.423. The number of H-pyrrole nitrogens is 1. The molecule has 208 valence electrons. The van der Waals surface area contributed by atoms with Crippen molar-refractivity contribution in [3.63, 3.8) is 0 Å². The van der Waals surface area contributed by atoms with E-state index in [1.165, 1.54) is 27.8 Å². The molecule has 0 unspecified atom stereocenters. The van der Waals surface area contributed by atoms with Gasteiger partial charge >= 0.3 is 6.09 Å². The zero-order valence-electron chi connectivity index (χ0n) is 23.9. The molecule has 0 saturated carbocycles. The molecule has 0 radical (unpaired) electrons. The number of fused-ring (bicyclic) bond motifs is 2. The number of likely N-dealkylation sites (tertiary alicyclic amines) is 1. The van der Waals surface area contributed by atoms with Crippen LogP contribution in [0.4, 0.5) is 4.79 Å². The van der Waals surface area contributed by atoms with Crippen molar-refractivity contribution in [1.29, 1.82) is 0 Å². The summed E-state index contributed by atoms with van der Waals surface area (Å²) in [6, 6.07) is 7.02. The second-order valence-corrected chi connectivity index (χ2v) is 12.7. The van der Waals surface area contributed by atoms with Crippen LogP contribution in [0.5, 0.6) is 0 Å². The Balaban J connectivity index is 1.37. The third-order valence-electron chi connectivity index (χ3n) is 8.62. The molecule has 7 heteroatoms. The van der Waals surface area contributed by atoms with Gasteiger partial charge in [-0.05, 0) is 112 Å².